The minimum atomic E-state index is 0.397. The zero-order valence-electron chi connectivity index (χ0n) is 9.45. The third-order valence-corrected chi connectivity index (χ3v) is 3.29. The summed E-state index contributed by atoms with van der Waals surface area (Å²) in [5.41, 5.74) is 8.04. The summed E-state index contributed by atoms with van der Waals surface area (Å²) in [5, 5.41) is 1.43. The van der Waals surface area contributed by atoms with E-state index in [1.54, 1.807) is 30.3 Å². The summed E-state index contributed by atoms with van der Waals surface area (Å²) in [7, 11) is 0. The van der Waals surface area contributed by atoms with Gasteiger partial charge in [0.25, 0.3) is 0 Å². The summed E-state index contributed by atoms with van der Waals surface area (Å²) in [4.78, 5) is 4.34. The van der Waals surface area contributed by atoms with E-state index in [1.807, 2.05) is 0 Å². The standard InChI is InChI=1S/C13H7Cl3N2O/c14-7-1-6(2-9(17)3-7)13-18-11-5-8(15)4-10(16)12(11)19-13/h1-5H,17H2. The molecule has 2 aromatic carbocycles. The molecule has 1 aromatic heterocycles. The van der Waals surface area contributed by atoms with Crippen molar-refractivity contribution in [3.05, 3.63) is 45.4 Å². The largest absolute Gasteiger partial charge is 0.435 e. The van der Waals surface area contributed by atoms with Gasteiger partial charge in [-0.2, -0.15) is 0 Å². The number of nitrogen functional groups attached to an aromatic ring is 1. The van der Waals surface area contributed by atoms with Gasteiger partial charge in [0.1, 0.15) is 5.52 Å². The number of aromatic nitrogens is 1. The van der Waals surface area contributed by atoms with Gasteiger partial charge >= 0.3 is 0 Å². The molecule has 0 aliphatic heterocycles. The molecular weight excluding hydrogens is 307 g/mol. The van der Waals surface area contributed by atoms with Gasteiger partial charge in [0.05, 0.1) is 5.02 Å². The third-order valence-electron chi connectivity index (χ3n) is 2.58. The molecule has 96 valence electrons. The first-order valence-electron chi connectivity index (χ1n) is 5.35. The monoisotopic (exact) mass is 312 g/mol. The molecule has 3 nitrogen and oxygen atoms in total. The Balaban J connectivity index is 2.23. The van der Waals surface area contributed by atoms with Gasteiger partial charge in [-0.15, -0.1) is 0 Å². The van der Waals surface area contributed by atoms with E-state index in [0.717, 1.165) is 0 Å². The fourth-order valence-corrected chi connectivity index (χ4v) is 2.58. The first-order valence-corrected chi connectivity index (χ1v) is 6.48. The molecule has 19 heavy (non-hydrogen) atoms. The fraction of sp³-hybridized carbons (Fsp3) is 0. The molecule has 1 heterocycles. The van der Waals surface area contributed by atoms with Crippen molar-refractivity contribution in [2.24, 2.45) is 0 Å². The maximum Gasteiger partial charge on any atom is 0.227 e. The lowest BCUT2D eigenvalue weighted by Crippen LogP contribution is -1.86. The van der Waals surface area contributed by atoms with Crippen molar-refractivity contribution in [1.29, 1.82) is 0 Å². The first kappa shape index (κ1) is 12.6. The zero-order chi connectivity index (χ0) is 13.6. The summed E-state index contributed by atoms with van der Waals surface area (Å²) in [6.07, 6.45) is 0. The minimum absolute atomic E-state index is 0.397. The van der Waals surface area contributed by atoms with Crippen molar-refractivity contribution in [2.45, 2.75) is 0 Å². The van der Waals surface area contributed by atoms with Gasteiger partial charge in [-0.25, -0.2) is 4.98 Å². The molecular formula is C13H7Cl3N2O. The van der Waals surface area contributed by atoms with E-state index in [4.69, 9.17) is 45.0 Å². The number of nitrogens with two attached hydrogens (primary N) is 1. The van der Waals surface area contributed by atoms with E-state index < -0.39 is 0 Å². The Morgan fingerprint density at radius 1 is 0.947 bits per heavy atom. The van der Waals surface area contributed by atoms with Gasteiger partial charge in [0.15, 0.2) is 5.58 Å². The van der Waals surface area contributed by atoms with Gasteiger partial charge in [-0.1, -0.05) is 34.8 Å². The normalized spacial score (nSPS) is 11.1. The van der Waals surface area contributed by atoms with Gasteiger partial charge in [0.2, 0.25) is 5.89 Å². The molecule has 6 heteroatoms. The molecule has 0 unspecified atom stereocenters. The van der Waals surface area contributed by atoms with Crippen molar-refractivity contribution in [1.82, 2.24) is 4.98 Å². The molecule has 0 radical (unpaired) electrons. The Hall–Kier alpha value is -1.42. The average Bonchev–Trinajstić information content (AvgIpc) is 2.71. The molecule has 3 rings (SSSR count). The Morgan fingerprint density at radius 2 is 1.68 bits per heavy atom. The zero-order valence-corrected chi connectivity index (χ0v) is 11.7. The van der Waals surface area contributed by atoms with Crippen LogP contribution in [0.1, 0.15) is 0 Å². The number of oxazole rings is 1. The molecule has 0 saturated carbocycles. The summed E-state index contributed by atoms with van der Waals surface area (Å²) in [5.74, 6) is 0.397. The number of hydrogen-bond acceptors (Lipinski definition) is 3. The number of rotatable bonds is 1. The van der Waals surface area contributed by atoms with Crippen molar-refractivity contribution >= 4 is 51.6 Å². The fourth-order valence-electron chi connectivity index (χ4n) is 1.82. The quantitative estimate of drug-likeness (QED) is 0.640. The molecule has 0 atom stereocenters. The van der Waals surface area contributed by atoms with Crippen LogP contribution in [-0.4, -0.2) is 4.98 Å². The van der Waals surface area contributed by atoms with Gasteiger partial charge in [-0.3, -0.25) is 0 Å². The van der Waals surface area contributed by atoms with Crippen LogP contribution in [0.3, 0.4) is 0 Å². The second-order valence-electron chi connectivity index (χ2n) is 4.03. The van der Waals surface area contributed by atoms with E-state index in [1.165, 1.54) is 0 Å². The van der Waals surface area contributed by atoms with Crippen molar-refractivity contribution < 1.29 is 4.42 Å². The van der Waals surface area contributed by atoms with Crippen LogP contribution in [0.25, 0.3) is 22.6 Å². The lowest BCUT2D eigenvalue weighted by Gasteiger charge is -1.99. The average molecular weight is 314 g/mol. The van der Waals surface area contributed by atoms with E-state index in [0.29, 0.717) is 43.3 Å². The Bertz CT molecular complexity index is 763. The number of anilines is 1. The highest BCUT2D eigenvalue weighted by Gasteiger charge is 2.13. The van der Waals surface area contributed by atoms with Crippen LogP contribution in [0.5, 0.6) is 0 Å². The van der Waals surface area contributed by atoms with Crippen molar-refractivity contribution in [3.8, 4) is 11.5 Å². The van der Waals surface area contributed by atoms with Crippen LogP contribution in [0, 0.1) is 0 Å². The van der Waals surface area contributed by atoms with Gasteiger partial charge in [-0.05, 0) is 30.3 Å². The van der Waals surface area contributed by atoms with Crippen LogP contribution >= 0.6 is 34.8 Å². The van der Waals surface area contributed by atoms with Crippen LogP contribution in [0.4, 0.5) is 5.69 Å². The van der Waals surface area contributed by atoms with E-state index in [-0.39, 0.29) is 0 Å². The Labute approximate surface area is 123 Å². The van der Waals surface area contributed by atoms with E-state index in [2.05, 4.69) is 4.98 Å². The summed E-state index contributed by atoms with van der Waals surface area (Å²) >= 11 is 17.9. The van der Waals surface area contributed by atoms with Gasteiger partial charge < -0.3 is 10.2 Å². The van der Waals surface area contributed by atoms with Crippen LogP contribution in [0.15, 0.2) is 34.7 Å². The second kappa shape index (κ2) is 4.60. The van der Waals surface area contributed by atoms with E-state index >= 15 is 0 Å². The molecule has 2 N–H and O–H groups in total. The minimum Gasteiger partial charge on any atom is -0.435 e. The van der Waals surface area contributed by atoms with Crippen LogP contribution < -0.4 is 5.73 Å². The highest BCUT2D eigenvalue weighted by molar-refractivity contribution is 6.38. The Morgan fingerprint density at radius 3 is 2.42 bits per heavy atom. The molecule has 3 aromatic rings. The molecule has 0 fully saturated rings. The molecule has 0 aliphatic carbocycles. The molecule has 0 saturated heterocycles. The predicted octanol–water partition coefficient (Wildman–Crippen LogP) is 5.04. The highest BCUT2D eigenvalue weighted by Crippen LogP contribution is 2.33. The van der Waals surface area contributed by atoms with E-state index in [9.17, 15) is 0 Å². The SMILES string of the molecule is Nc1cc(Cl)cc(-c2nc3cc(Cl)cc(Cl)c3o2)c1. The summed E-state index contributed by atoms with van der Waals surface area (Å²) in [6, 6.07) is 8.39. The number of hydrogen-bond donors (Lipinski definition) is 1. The first-order chi connectivity index (χ1) is 9.02. The number of fused-ring (bicyclic) bond motifs is 1. The summed E-state index contributed by atoms with van der Waals surface area (Å²) in [6.45, 7) is 0. The second-order valence-corrected chi connectivity index (χ2v) is 5.31. The third kappa shape index (κ3) is 2.37. The van der Waals surface area contributed by atoms with Crippen molar-refractivity contribution in [2.75, 3.05) is 5.73 Å². The lowest BCUT2D eigenvalue weighted by atomic mass is 10.2. The number of halogens is 3. The Kier molecular flexibility index (Phi) is 3.05. The number of benzene rings is 2. The molecule has 0 aliphatic rings. The number of nitrogens with zero attached hydrogens (tertiary/aromatic N) is 1. The molecule has 0 spiro atoms. The van der Waals surface area contributed by atoms with Crippen LogP contribution in [0.2, 0.25) is 15.1 Å². The van der Waals surface area contributed by atoms with Crippen LogP contribution in [-0.2, 0) is 0 Å². The maximum atomic E-state index is 6.06. The lowest BCUT2D eigenvalue weighted by molar-refractivity contribution is 0.620. The van der Waals surface area contributed by atoms with Crippen molar-refractivity contribution in [3.63, 3.8) is 0 Å². The topological polar surface area (TPSA) is 52.0 Å². The smallest absolute Gasteiger partial charge is 0.227 e. The molecule has 0 amide bonds. The maximum absolute atomic E-state index is 6.06. The summed E-state index contributed by atoms with van der Waals surface area (Å²) < 4.78 is 5.63. The highest BCUT2D eigenvalue weighted by atomic mass is 35.5. The molecule has 0 bridgehead atoms. The van der Waals surface area contributed by atoms with Gasteiger partial charge in [0, 0.05) is 21.3 Å². The predicted molar refractivity (Wildman–Crippen MR) is 78.9 cm³/mol.